The first-order chi connectivity index (χ1) is 8.54. The SMILES string of the molecule is CC(CO)C[C@H](O)[C@H](O)[C@@H](N)CC1CCCCC1. The summed E-state index contributed by atoms with van der Waals surface area (Å²) in [6.45, 7) is 1.88. The number of nitrogens with two attached hydrogens (primary N) is 1. The number of aliphatic hydroxyl groups is 3. The van der Waals surface area contributed by atoms with Gasteiger partial charge in [-0.2, -0.15) is 0 Å². The molecule has 0 aromatic carbocycles. The minimum Gasteiger partial charge on any atom is -0.396 e. The third kappa shape index (κ3) is 5.22. The summed E-state index contributed by atoms with van der Waals surface area (Å²) in [7, 11) is 0. The van der Waals surface area contributed by atoms with Crippen LogP contribution in [0.3, 0.4) is 0 Å². The average molecular weight is 259 g/mol. The molecular weight excluding hydrogens is 230 g/mol. The number of aliphatic hydroxyl groups excluding tert-OH is 3. The van der Waals surface area contributed by atoms with Gasteiger partial charge in [0.2, 0.25) is 0 Å². The molecule has 5 N–H and O–H groups in total. The molecule has 0 aromatic rings. The minimum absolute atomic E-state index is 0.00321. The molecule has 4 nitrogen and oxygen atoms in total. The van der Waals surface area contributed by atoms with Gasteiger partial charge in [-0.1, -0.05) is 39.0 Å². The predicted molar refractivity (Wildman–Crippen MR) is 72.0 cm³/mol. The highest BCUT2D eigenvalue weighted by molar-refractivity contribution is 4.82. The predicted octanol–water partition coefficient (Wildman–Crippen LogP) is 1.02. The first kappa shape index (κ1) is 15.9. The van der Waals surface area contributed by atoms with Gasteiger partial charge in [-0.25, -0.2) is 0 Å². The topological polar surface area (TPSA) is 86.7 Å². The second kappa shape index (κ2) is 8.10. The standard InChI is InChI=1S/C14H29NO3/c1-10(9-16)7-13(17)14(18)12(15)8-11-5-3-2-4-6-11/h10-14,16-18H,2-9,15H2,1H3/t10?,12-,13-,14+/m0/s1. The summed E-state index contributed by atoms with van der Waals surface area (Å²) in [6, 6.07) is -0.353. The van der Waals surface area contributed by atoms with Crippen molar-refractivity contribution in [1.29, 1.82) is 0 Å². The molecule has 1 aliphatic rings. The molecule has 0 radical (unpaired) electrons. The van der Waals surface area contributed by atoms with Crippen molar-refractivity contribution < 1.29 is 15.3 Å². The average Bonchev–Trinajstić information content (AvgIpc) is 2.38. The Kier molecular flexibility index (Phi) is 7.15. The Morgan fingerprint density at radius 3 is 2.33 bits per heavy atom. The van der Waals surface area contributed by atoms with Gasteiger partial charge in [-0.05, 0) is 24.7 Å². The molecule has 0 aromatic heterocycles. The van der Waals surface area contributed by atoms with Crippen molar-refractivity contribution in [3.05, 3.63) is 0 Å². The smallest absolute Gasteiger partial charge is 0.0949 e. The zero-order valence-electron chi connectivity index (χ0n) is 11.5. The molecule has 0 saturated heterocycles. The zero-order valence-corrected chi connectivity index (χ0v) is 11.5. The van der Waals surface area contributed by atoms with Crippen LogP contribution >= 0.6 is 0 Å². The van der Waals surface area contributed by atoms with Gasteiger partial charge in [-0.15, -0.1) is 0 Å². The van der Waals surface area contributed by atoms with Crippen LogP contribution in [-0.4, -0.2) is 40.2 Å². The van der Waals surface area contributed by atoms with Gasteiger partial charge in [0, 0.05) is 12.6 Å². The number of hydrogen-bond acceptors (Lipinski definition) is 4. The molecule has 1 unspecified atom stereocenters. The van der Waals surface area contributed by atoms with E-state index < -0.39 is 12.2 Å². The van der Waals surface area contributed by atoms with E-state index in [-0.39, 0.29) is 18.6 Å². The van der Waals surface area contributed by atoms with E-state index >= 15 is 0 Å². The van der Waals surface area contributed by atoms with E-state index in [2.05, 4.69) is 0 Å². The third-order valence-electron chi connectivity index (χ3n) is 4.12. The lowest BCUT2D eigenvalue weighted by Crippen LogP contribution is -2.45. The lowest BCUT2D eigenvalue weighted by molar-refractivity contribution is -0.0166. The first-order valence-corrected chi connectivity index (χ1v) is 7.27. The normalized spacial score (nSPS) is 24.5. The molecule has 1 aliphatic carbocycles. The third-order valence-corrected chi connectivity index (χ3v) is 4.12. The molecule has 0 aliphatic heterocycles. The van der Waals surface area contributed by atoms with Crippen LogP contribution in [0.1, 0.15) is 51.9 Å². The Hall–Kier alpha value is -0.160. The molecule has 1 fully saturated rings. The van der Waals surface area contributed by atoms with Crippen LogP contribution in [0.4, 0.5) is 0 Å². The van der Waals surface area contributed by atoms with Gasteiger partial charge in [0.1, 0.15) is 0 Å². The van der Waals surface area contributed by atoms with E-state index in [1.807, 2.05) is 6.92 Å². The van der Waals surface area contributed by atoms with Crippen LogP contribution < -0.4 is 5.73 Å². The van der Waals surface area contributed by atoms with E-state index in [4.69, 9.17) is 10.8 Å². The van der Waals surface area contributed by atoms with Crippen molar-refractivity contribution in [2.24, 2.45) is 17.6 Å². The molecule has 0 spiro atoms. The molecule has 0 heterocycles. The summed E-state index contributed by atoms with van der Waals surface area (Å²) in [5.41, 5.74) is 5.99. The molecule has 108 valence electrons. The van der Waals surface area contributed by atoms with Crippen molar-refractivity contribution in [3.63, 3.8) is 0 Å². The highest BCUT2D eigenvalue weighted by Crippen LogP contribution is 2.28. The van der Waals surface area contributed by atoms with Crippen molar-refractivity contribution in [1.82, 2.24) is 0 Å². The van der Waals surface area contributed by atoms with Crippen LogP contribution in [0.2, 0.25) is 0 Å². The Bertz CT molecular complexity index is 219. The monoisotopic (exact) mass is 259 g/mol. The summed E-state index contributed by atoms with van der Waals surface area (Å²) in [4.78, 5) is 0. The summed E-state index contributed by atoms with van der Waals surface area (Å²) in [5.74, 6) is 0.599. The van der Waals surface area contributed by atoms with Crippen LogP contribution in [-0.2, 0) is 0 Å². The van der Waals surface area contributed by atoms with Crippen molar-refractivity contribution in [2.75, 3.05) is 6.61 Å². The fourth-order valence-corrected chi connectivity index (χ4v) is 2.86. The minimum atomic E-state index is -0.874. The van der Waals surface area contributed by atoms with Gasteiger partial charge in [0.05, 0.1) is 12.2 Å². The summed E-state index contributed by atoms with van der Waals surface area (Å²) in [5, 5.41) is 28.8. The molecular formula is C14H29NO3. The molecule has 4 heteroatoms. The second-order valence-electron chi connectivity index (χ2n) is 5.98. The largest absolute Gasteiger partial charge is 0.396 e. The van der Waals surface area contributed by atoms with Gasteiger partial charge in [0.15, 0.2) is 0 Å². The van der Waals surface area contributed by atoms with Crippen LogP contribution in [0.5, 0.6) is 0 Å². The van der Waals surface area contributed by atoms with E-state index in [1.54, 1.807) is 0 Å². The van der Waals surface area contributed by atoms with Crippen molar-refractivity contribution in [3.8, 4) is 0 Å². The molecule has 0 amide bonds. The molecule has 4 atom stereocenters. The maximum absolute atomic E-state index is 10.0. The number of rotatable bonds is 7. The first-order valence-electron chi connectivity index (χ1n) is 7.27. The second-order valence-corrected chi connectivity index (χ2v) is 5.98. The van der Waals surface area contributed by atoms with Crippen molar-refractivity contribution >= 4 is 0 Å². The van der Waals surface area contributed by atoms with Crippen LogP contribution in [0.15, 0.2) is 0 Å². The summed E-state index contributed by atoms with van der Waals surface area (Å²) in [6.07, 6.45) is 5.72. The summed E-state index contributed by atoms with van der Waals surface area (Å²) >= 11 is 0. The van der Waals surface area contributed by atoms with Crippen LogP contribution in [0.25, 0.3) is 0 Å². The number of hydrogen-bond donors (Lipinski definition) is 4. The fraction of sp³-hybridized carbons (Fsp3) is 1.00. The van der Waals surface area contributed by atoms with Gasteiger partial charge in [0.25, 0.3) is 0 Å². The maximum atomic E-state index is 10.0. The maximum Gasteiger partial charge on any atom is 0.0949 e. The Balaban J connectivity index is 2.32. The molecule has 1 saturated carbocycles. The highest BCUT2D eigenvalue weighted by Gasteiger charge is 2.27. The van der Waals surface area contributed by atoms with E-state index in [9.17, 15) is 10.2 Å². The van der Waals surface area contributed by atoms with E-state index in [0.29, 0.717) is 12.3 Å². The molecule has 1 rings (SSSR count). The van der Waals surface area contributed by atoms with E-state index in [0.717, 1.165) is 6.42 Å². The highest BCUT2D eigenvalue weighted by atomic mass is 16.3. The van der Waals surface area contributed by atoms with Gasteiger partial charge >= 0.3 is 0 Å². The Morgan fingerprint density at radius 1 is 1.17 bits per heavy atom. The van der Waals surface area contributed by atoms with E-state index in [1.165, 1.54) is 32.1 Å². The summed E-state index contributed by atoms with van der Waals surface area (Å²) < 4.78 is 0. The van der Waals surface area contributed by atoms with Gasteiger partial charge < -0.3 is 21.1 Å². The molecule has 18 heavy (non-hydrogen) atoms. The lowest BCUT2D eigenvalue weighted by Gasteiger charge is -2.29. The van der Waals surface area contributed by atoms with Crippen LogP contribution in [0, 0.1) is 11.8 Å². The Morgan fingerprint density at radius 2 is 1.78 bits per heavy atom. The fourth-order valence-electron chi connectivity index (χ4n) is 2.86. The van der Waals surface area contributed by atoms with Gasteiger partial charge in [-0.3, -0.25) is 0 Å². The Labute approximate surface area is 110 Å². The quantitative estimate of drug-likeness (QED) is 0.550. The molecule has 0 bridgehead atoms. The lowest BCUT2D eigenvalue weighted by atomic mass is 9.83. The van der Waals surface area contributed by atoms with Crippen molar-refractivity contribution in [2.45, 2.75) is 70.1 Å². The zero-order chi connectivity index (χ0) is 13.5.